The van der Waals surface area contributed by atoms with Gasteiger partial charge in [0.1, 0.15) is 0 Å². The quantitative estimate of drug-likeness (QED) is 0.723. The minimum atomic E-state index is 0.573. The third-order valence-corrected chi connectivity index (χ3v) is 3.68. The average molecular weight is 228 g/mol. The molecular weight excluding hydrogens is 200 g/mol. The van der Waals surface area contributed by atoms with Crippen LogP contribution in [0.25, 0.3) is 0 Å². The molecule has 1 aliphatic rings. The molecule has 0 bridgehead atoms. The lowest BCUT2D eigenvalue weighted by Crippen LogP contribution is -2.44. The summed E-state index contributed by atoms with van der Waals surface area (Å²) >= 11 is 0. The lowest BCUT2D eigenvalue weighted by atomic mass is 10.00. The second kappa shape index (κ2) is 7.25. The summed E-state index contributed by atoms with van der Waals surface area (Å²) in [6.07, 6.45) is 4.97. The predicted molar refractivity (Wildman–Crippen MR) is 68.5 cm³/mol. The van der Waals surface area contributed by atoms with E-state index in [4.69, 9.17) is 10.5 Å². The molecule has 3 nitrogen and oxygen atoms in total. The highest BCUT2D eigenvalue weighted by atomic mass is 16.5. The standard InChI is InChI=1S/C13H28N2O/c1-11(2)13-7-5-9-15(13)12(10-16-3)6-4-8-14/h11-13H,4-10,14H2,1-3H3. The van der Waals surface area contributed by atoms with Crippen LogP contribution in [0.2, 0.25) is 0 Å². The lowest BCUT2D eigenvalue weighted by molar-refractivity contribution is 0.0632. The van der Waals surface area contributed by atoms with Crippen molar-refractivity contribution in [3.63, 3.8) is 0 Å². The maximum absolute atomic E-state index is 5.61. The van der Waals surface area contributed by atoms with E-state index in [1.807, 2.05) is 0 Å². The van der Waals surface area contributed by atoms with E-state index in [1.54, 1.807) is 7.11 Å². The molecule has 2 unspecified atom stereocenters. The number of hydrogen-bond donors (Lipinski definition) is 1. The third kappa shape index (κ3) is 3.72. The van der Waals surface area contributed by atoms with Gasteiger partial charge in [0.15, 0.2) is 0 Å². The van der Waals surface area contributed by atoms with Crippen molar-refractivity contribution < 1.29 is 4.74 Å². The third-order valence-electron chi connectivity index (χ3n) is 3.68. The summed E-state index contributed by atoms with van der Waals surface area (Å²) in [5.74, 6) is 0.750. The molecule has 0 spiro atoms. The van der Waals surface area contributed by atoms with Crippen LogP contribution in [-0.2, 0) is 4.74 Å². The van der Waals surface area contributed by atoms with Gasteiger partial charge in [-0.3, -0.25) is 4.90 Å². The largest absolute Gasteiger partial charge is 0.383 e. The fourth-order valence-electron chi connectivity index (χ4n) is 2.88. The Kier molecular flexibility index (Phi) is 6.32. The van der Waals surface area contributed by atoms with Gasteiger partial charge < -0.3 is 10.5 Å². The summed E-state index contributed by atoms with van der Waals surface area (Å²) in [6.45, 7) is 7.54. The molecule has 96 valence electrons. The fourth-order valence-corrected chi connectivity index (χ4v) is 2.88. The van der Waals surface area contributed by atoms with Crippen LogP contribution in [0.15, 0.2) is 0 Å². The highest BCUT2D eigenvalue weighted by Crippen LogP contribution is 2.27. The zero-order valence-corrected chi connectivity index (χ0v) is 11.1. The second-order valence-electron chi connectivity index (χ2n) is 5.23. The molecule has 16 heavy (non-hydrogen) atoms. The fraction of sp³-hybridized carbons (Fsp3) is 1.00. The summed E-state index contributed by atoms with van der Waals surface area (Å²) in [7, 11) is 1.80. The van der Waals surface area contributed by atoms with Gasteiger partial charge in [-0.1, -0.05) is 13.8 Å². The molecule has 1 rings (SSSR count). The Morgan fingerprint density at radius 1 is 1.44 bits per heavy atom. The van der Waals surface area contributed by atoms with Gasteiger partial charge in [0.2, 0.25) is 0 Å². The van der Waals surface area contributed by atoms with Gasteiger partial charge in [-0.25, -0.2) is 0 Å². The molecule has 1 aliphatic heterocycles. The van der Waals surface area contributed by atoms with Gasteiger partial charge in [-0.2, -0.15) is 0 Å². The Morgan fingerprint density at radius 2 is 2.19 bits per heavy atom. The molecule has 1 fully saturated rings. The first-order valence-electron chi connectivity index (χ1n) is 6.65. The second-order valence-corrected chi connectivity index (χ2v) is 5.23. The number of nitrogens with two attached hydrogens (primary N) is 1. The molecule has 2 atom stereocenters. The molecule has 0 amide bonds. The number of likely N-dealkylation sites (tertiary alicyclic amines) is 1. The summed E-state index contributed by atoms with van der Waals surface area (Å²) in [5.41, 5.74) is 5.61. The number of nitrogens with zero attached hydrogens (tertiary/aromatic N) is 1. The molecule has 0 aromatic carbocycles. The Morgan fingerprint density at radius 3 is 2.75 bits per heavy atom. The normalized spacial score (nSPS) is 24.2. The van der Waals surface area contributed by atoms with E-state index in [2.05, 4.69) is 18.7 Å². The Balaban J connectivity index is 2.53. The van der Waals surface area contributed by atoms with E-state index < -0.39 is 0 Å². The number of ether oxygens (including phenoxy) is 1. The van der Waals surface area contributed by atoms with Gasteiger partial charge in [-0.15, -0.1) is 0 Å². The molecule has 0 saturated carbocycles. The van der Waals surface area contributed by atoms with Crippen LogP contribution in [0.5, 0.6) is 0 Å². The molecule has 0 radical (unpaired) electrons. The summed E-state index contributed by atoms with van der Waals surface area (Å²) in [6, 6.07) is 1.32. The van der Waals surface area contributed by atoms with Crippen LogP contribution in [0.1, 0.15) is 39.5 Å². The van der Waals surface area contributed by atoms with Crippen molar-refractivity contribution in [1.82, 2.24) is 4.90 Å². The monoisotopic (exact) mass is 228 g/mol. The molecule has 3 heteroatoms. The van der Waals surface area contributed by atoms with Crippen molar-refractivity contribution in [2.24, 2.45) is 11.7 Å². The summed E-state index contributed by atoms with van der Waals surface area (Å²) < 4.78 is 5.36. The summed E-state index contributed by atoms with van der Waals surface area (Å²) in [5, 5.41) is 0. The van der Waals surface area contributed by atoms with E-state index in [9.17, 15) is 0 Å². The number of rotatable bonds is 7. The van der Waals surface area contributed by atoms with Crippen molar-refractivity contribution in [2.75, 3.05) is 26.8 Å². The van der Waals surface area contributed by atoms with Crippen molar-refractivity contribution in [3.05, 3.63) is 0 Å². The Hall–Kier alpha value is -0.120. The maximum Gasteiger partial charge on any atom is 0.0618 e. The van der Waals surface area contributed by atoms with Gasteiger partial charge in [0.25, 0.3) is 0 Å². The summed E-state index contributed by atoms with van der Waals surface area (Å²) in [4.78, 5) is 2.66. The zero-order chi connectivity index (χ0) is 12.0. The van der Waals surface area contributed by atoms with Gasteiger partial charge in [0, 0.05) is 19.2 Å². The van der Waals surface area contributed by atoms with Crippen LogP contribution >= 0.6 is 0 Å². The number of hydrogen-bond acceptors (Lipinski definition) is 3. The van der Waals surface area contributed by atoms with E-state index in [0.29, 0.717) is 6.04 Å². The SMILES string of the molecule is COCC(CCCN)N1CCCC1C(C)C. The first-order valence-corrected chi connectivity index (χ1v) is 6.65. The molecule has 0 aliphatic carbocycles. The maximum atomic E-state index is 5.61. The van der Waals surface area contributed by atoms with E-state index in [-0.39, 0.29) is 0 Å². The minimum Gasteiger partial charge on any atom is -0.383 e. The van der Waals surface area contributed by atoms with Crippen LogP contribution < -0.4 is 5.73 Å². The molecule has 2 N–H and O–H groups in total. The van der Waals surface area contributed by atoms with Gasteiger partial charge >= 0.3 is 0 Å². The first-order chi connectivity index (χ1) is 7.70. The van der Waals surface area contributed by atoms with Crippen LogP contribution in [0, 0.1) is 5.92 Å². The van der Waals surface area contributed by atoms with Crippen molar-refractivity contribution >= 4 is 0 Å². The highest BCUT2D eigenvalue weighted by molar-refractivity contribution is 4.86. The zero-order valence-electron chi connectivity index (χ0n) is 11.1. The van der Waals surface area contributed by atoms with Gasteiger partial charge in [-0.05, 0) is 44.7 Å². The predicted octanol–water partition coefficient (Wildman–Crippen LogP) is 1.86. The number of methoxy groups -OCH3 is 1. The lowest BCUT2D eigenvalue weighted by Gasteiger charge is -2.34. The Bertz CT molecular complexity index is 185. The first kappa shape index (κ1) is 13.9. The van der Waals surface area contributed by atoms with E-state index in [1.165, 1.54) is 25.8 Å². The minimum absolute atomic E-state index is 0.573. The van der Waals surface area contributed by atoms with Crippen LogP contribution in [0.3, 0.4) is 0 Å². The van der Waals surface area contributed by atoms with Crippen LogP contribution in [-0.4, -0.2) is 43.8 Å². The van der Waals surface area contributed by atoms with Crippen LogP contribution in [0.4, 0.5) is 0 Å². The van der Waals surface area contributed by atoms with E-state index in [0.717, 1.165) is 31.5 Å². The molecular formula is C13H28N2O. The molecule has 0 aromatic rings. The molecule has 0 aromatic heterocycles. The Labute approximate surface area is 100 Å². The smallest absolute Gasteiger partial charge is 0.0618 e. The van der Waals surface area contributed by atoms with Crippen molar-refractivity contribution in [3.8, 4) is 0 Å². The van der Waals surface area contributed by atoms with Crippen molar-refractivity contribution in [2.45, 2.75) is 51.6 Å². The molecule has 1 heterocycles. The molecule has 1 saturated heterocycles. The highest BCUT2D eigenvalue weighted by Gasteiger charge is 2.31. The van der Waals surface area contributed by atoms with Gasteiger partial charge in [0.05, 0.1) is 6.61 Å². The van der Waals surface area contributed by atoms with Crippen molar-refractivity contribution in [1.29, 1.82) is 0 Å². The topological polar surface area (TPSA) is 38.5 Å². The van der Waals surface area contributed by atoms with E-state index >= 15 is 0 Å². The average Bonchev–Trinajstić information content (AvgIpc) is 2.73.